The molecule has 1 unspecified atom stereocenters. The van der Waals surface area contributed by atoms with Crippen LogP contribution in [0.5, 0.6) is 0 Å². The lowest BCUT2D eigenvalue weighted by atomic mass is 10.1. The summed E-state index contributed by atoms with van der Waals surface area (Å²) in [7, 11) is 1.99. The van der Waals surface area contributed by atoms with Crippen LogP contribution < -0.4 is 0 Å². The number of carbonyl (C=O) groups is 2. The zero-order chi connectivity index (χ0) is 11.7. The molecule has 0 aromatic heterocycles. The highest BCUT2D eigenvalue weighted by molar-refractivity contribution is 5.90. The molecule has 0 spiro atoms. The van der Waals surface area contributed by atoms with Crippen molar-refractivity contribution in [1.82, 2.24) is 9.80 Å². The van der Waals surface area contributed by atoms with E-state index >= 15 is 0 Å². The first-order chi connectivity index (χ1) is 7.61. The predicted molar refractivity (Wildman–Crippen MR) is 61.1 cm³/mol. The molecule has 0 aromatic carbocycles. The Hall–Kier alpha value is -0.900. The molecule has 2 fully saturated rings. The van der Waals surface area contributed by atoms with Crippen LogP contribution in [0.1, 0.15) is 32.6 Å². The average molecular weight is 224 g/mol. The Morgan fingerprint density at radius 3 is 2.25 bits per heavy atom. The second kappa shape index (κ2) is 4.53. The van der Waals surface area contributed by atoms with E-state index < -0.39 is 0 Å². The minimum atomic E-state index is -0.151. The molecule has 90 valence electrons. The first-order valence-corrected chi connectivity index (χ1v) is 6.12. The highest BCUT2D eigenvalue weighted by Gasteiger charge is 2.38. The SMILES string of the molecule is CC(=O)C1CCCN1C(=O)[C@@H]1CCCN1C. The van der Waals surface area contributed by atoms with Crippen LogP contribution in [-0.4, -0.2) is 53.7 Å². The summed E-state index contributed by atoms with van der Waals surface area (Å²) in [5.41, 5.74) is 0. The number of likely N-dealkylation sites (tertiary alicyclic amines) is 2. The van der Waals surface area contributed by atoms with Gasteiger partial charge in [-0.15, -0.1) is 0 Å². The van der Waals surface area contributed by atoms with Gasteiger partial charge in [-0.3, -0.25) is 14.5 Å². The second-order valence-electron chi connectivity index (χ2n) is 4.94. The lowest BCUT2D eigenvalue weighted by molar-refractivity contribution is -0.140. The molecule has 2 aliphatic heterocycles. The van der Waals surface area contributed by atoms with Crippen LogP contribution >= 0.6 is 0 Å². The Morgan fingerprint density at radius 2 is 1.69 bits per heavy atom. The van der Waals surface area contributed by atoms with Crippen molar-refractivity contribution in [1.29, 1.82) is 0 Å². The van der Waals surface area contributed by atoms with Crippen molar-refractivity contribution >= 4 is 11.7 Å². The number of hydrogen-bond donors (Lipinski definition) is 0. The summed E-state index contributed by atoms with van der Waals surface area (Å²) in [6.07, 6.45) is 3.84. The van der Waals surface area contributed by atoms with E-state index in [-0.39, 0.29) is 23.8 Å². The molecule has 4 nitrogen and oxygen atoms in total. The molecule has 1 amide bonds. The number of hydrogen-bond acceptors (Lipinski definition) is 3. The number of ketones is 1. The lowest BCUT2D eigenvalue weighted by Crippen LogP contribution is -2.48. The van der Waals surface area contributed by atoms with E-state index in [1.54, 1.807) is 11.8 Å². The van der Waals surface area contributed by atoms with Gasteiger partial charge in [-0.05, 0) is 46.2 Å². The molecule has 0 N–H and O–H groups in total. The normalized spacial score (nSPS) is 31.0. The molecule has 2 saturated heterocycles. The predicted octanol–water partition coefficient (Wildman–Crippen LogP) is 0.661. The van der Waals surface area contributed by atoms with E-state index in [1.807, 2.05) is 7.05 Å². The highest BCUT2D eigenvalue weighted by atomic mass is 16.2. The van der Waals surface area contributed by atoms with Crippen LogP contribution in [0.25, 0.3) is 0 Å². The van der Waals surface area contributed by atoms with Gasteiger partial charge in [0.05, 0.1) is 12.1 Å². The number of likely N-dealkylation sites (N-methyl/N-ethyl adjacent to an activating group) is 1. The van der Waals surface area contributed by atoms with E-state index in [0.717, 1.165) is 38.8 Å². The van der Waals surface area contributed by atoms with Crippen LogP contribution in [0, 0.1) is 0 Å². The largest absolute Gasteiger partial charge is 0.331 e. The Balaban J connectivity index is 2.06. The number of nitrogens with zero attached hydrogens (tertiary/aromatic N) is 2. The number of amides is 1. The fourth-order valence-corrected chi connectivity index (χ4v) is 2.87. The topological polar surface area (TPSA) is 40.6 Å². The van der Waals surface area contributed by atoms with Crippen molar-refractivity contribution in [3.8, 4) is 0 Å². The third-order valence-electron chi connectivity index (χ3n) is 3.81. The molecule has 0 saturated carbocycles. The van der Waals surface area contributed by atoms with Gasteiger partial charge in [0, 0.05) is 6.54 Å². The van der Waals surface area contributed by atoms with Crippen molar-refractivity contribution in [2.24, 2.45) is 0 Å². The van der Waals surface area contributed by atoms with Crippen molar-refractivity contribution in [3.63, 3.8) is 0 Å². The highest BCUT2D eigenvalue weighted by Crippen LogP contribution is 2.23. The molecule has 0 aliphatic carbocycles. The van der Waals surface area contributed by atoms with E-state index in [4.69, 9.17) is 0 Å². The fourth-order valence-electron chi connectivity index (χ4n) is 2.87. The van der Waals surface area contributed by atoms with Gasteiger partial charge in [-0.1, -0.05) is 0 Å². The van der Waals surface area contributed by atoms with Gasteiger partial charge < -0.3 is 4.90 Å². The van der Waals surface area contributed by atoms with Gasteiger partial charge in [0.15, 0.2) is 5.78 Å². The molecule has 0 radical (unpaired) electrons. The first-order valence-electron chi connectivity index (χ1n) is 6.12. The lowest BCUT2D eigenvalue weighted by Gasteiger charge is -2.28. The Morgan fingerprint density at radius 1 is 1.06 bits per heavy atom. The van der Waals surface area contributed by atoms with Crippen LogP contribution in [0.4, 0.5) is 0 Å². The zero-order valence-electron chi connectivity index (χ0n) is 10.1. The van der Waals surface area contributed by atoms with Gasteiger partial charge in [-0.2, -0.15) is 0 Å². The summed E-state index contributed by atoms with van der Waals surface area (Å²) in [4.78, 5) is 27.7. The van der Waals surface area contributed by atoms with Gasteiger partial charge in [0.25, 0.3) is 0 Å². The Bertz CT molecular complexity index is 303. The van der Waals surface area contributed by atoms with Gasteiger partial charge in [0.1, 0.15) is 0 Å². The summed E-state index contributed by atoms with van der Waals surface area (Å²) in [5.74, 6) is 0.296. The van der Waals surface area contributed by atoms with Crippen LogP contribution in [0.15, 0.2) is 0 Å². The molecule has 2 heterocycles. The van der Waals surface area contributed by atoms with Gasteiger partial charge >= 0.3 is 0 Å². The van der Waals surface area contributed by atoms with E-state index in [2.05, 4.69) is 4.90 Å². The van der Waals surface area contributed by atoms with E-state index in [9.17, 15) is 9.59 Å². The van der Waals surface area contributed by atoms with Crippen molar-refractivity contribution < 1.29 is 9.59 Å². The van der Waals surface area contributed by atoms with Gasteiger partial charge in [-0.25, -0.2) is 0 Å². The third-order valence-corrected chi connectivity index (χ3v) is 3.81. The third kappa shape index (κ3) is 1.98. The number of rotatable bonds is 2. The van der Waals surface area contributed by atoms with Crippen molar-refractivity contribution in [2.45, 2.75) is 44.7 Å². The molecule has 0 bridgehead atoms. The molecular formula is C12H20N2O2. The smallest absolute Gasteiger partial charge is 0.240 e. The van der Waals surface area contributed by atoms with Crippen LogP contribution in [0.3, 0.4) is 0 Å². The summed E-state index contributed by atoms with van der Waals surface area (Å²) < 4.78 is 0. The summed E-state index contributed by atoms with van der Waals surface area (Å²) >= 11 is 0. The van der Waals surface area contributed by atoms with Crippen LogP contribution in [0.2, 0.25) is 0 Å². The second-order valence-corrected chi connectivity index (χ2v) is 4.94. The van der Waals surface area contributed by atoms with Gasteiger partial charge in [0.2, 0.25) is 5.91 Å². The molecule has 2 atom stereocenters. The molecule has 2 aliphatic rings. The first kappa shape index (κ1) is 11.6. The molecule has 4 heteroatoms. The van der Waals surface area contributed by atoms with E-state index in [1.165, 1.54) is 0 Å². The zero-order valence-corrected chi connectivity index (χ0v) is 10.1. The maximum absolute atomic E-state index is 12.3. The quantitative estimate of drug-likeness (QED) is 0.692. The average Bonchev–Trinajstić information content (AvgIpc) is 2.84. The minimum absolute atomic E-state index is 0.0138. The molecular weight excluding hydrogens is 204 g/mol. The maximum Gasteiger partial charge on any atom is 0.240 e. The molecule has 0 aromatic rings. The number of carbonyl (C=O) groups excluding carboxylic acids is 2. The van der Waals surface area contributed by atoms with Crippen LogP contribution in [-0.2, 0) is 9.59 Å². The van der Waals surface area contributed by atoms with Crippen molar-refractivity contribution in [2.75, 3.05) is 20.1 Å². The molecule has 2 rings (SSSR count). The maximum atomic E-state index is 12.3. The molecule has 16 heavy (non-hydrogen) atoms. The minimum Gasteiger partial charge on any atom is -0.331 e. The summed E-state index contributed by atoms with van der Waals surface area (Å²) in [5, 5.41) is 0. The Labute approximate surface area is 96.6 Å². The fraction of sp³-hybridized carbons (Fsp3) is 0.833. The van der Waals surface area contributed by atoms with E-state index in [0.29, 0.717) is 0 Å². The number of Topliss-reactive ketones (excluding diaryl/α,β-unsaturated/α-hetero) is 1. The Kier molecular flexibility index (Phi) is 3.28. The standard InChI is InChI=1S/C12H20N2O2/c1-9(15)10-5-4-8-14(10)12(16)11-6-3-7-13(11)2/h10-11H,3-8H2,1-2H3/t10?,11-/m0/s1. The monoisotopic (exact) mass is 224 g/mol. The summed E-state index contributed by atoms with van der Waals surface area (Å²) in [6.45, 7) is 3.34. The van der Waals surface area contributed by atoms with Crippen molar-refractivity contribution in [3.05, 3.63) is 0 Å². The summed E-state index contributed by atoms with van der Waals surface area (Å²) in [6, 6.07) is -0.138.